The van der Waals surface area contributed by atoms with E-state index in [-0.39, 0.29) is 33.8 Å². The van der Waals surface area contributed by atoms with Crippen LogP contribution >= 0.6 is 8.25 Å². The average molecular weight is 766 g/mol. The summed E-state index contributed by atoms with van der Waals surface area (Å²) >= 11 is -1.99. The topological polar surface area (TPSA) is 63.2 Å². The van der Waals surface area contributed by atoms with Crippen LogP contribution in [0.4, 0.5) is 0 Å². The molecule has 41 heavy (non-hydrogen) atoms. The molecule has 0 saturated carbocycles. The van der Waals surface area contributed by atoms with E-state index in [0.717, 1.165) is 36.0 Å². The summed E-state index contributed by atoms with van der Waals surface area (Å²) in [7, 11) is 8.39. The van der Waals surface area contributed by atoms with Gasteiger partial charge in [0.1, 0.15) is 0 Å². The standard InChI is InChI=1S/C33H37O6.ClH.Hg/c1-35-31-16-8-14-26-18-29-20-28(37-23-25-12-6-3-7-13-25)21-30(38-29)19-27(39-33(34)32(26)31)15-9-17-36-22-24-10-4-2-5-11-24;;/h2-8,10-14,16,18,27-30H,9,15,17,19-23H2,1H3;1H;/q;;+1/p-1/t27?,28-,29+,30?;;/m1../s1. The molecule has 8 heteroatoms. The molecule has 3 aromatic carbocycles. The Balaban J connectivity index is 1.33. The zero-order valence-corrected chi connectivity index (χ0v) is 29.8. The van der Waals surface area contributed by atoms with E-state index in [4.69, 9.17) is 31.9 Å². The van der Waals surface area contributed by atoms with Crippen LogP contribution in [0.25, 0.3) is 0 Å². The second kappa shape index (κ2) is 15.5. The van der Waals surface area contributed by atoms with Crippen molar-refractivity contribution in [3.63, 3.8) is 0 Å². The fraction of sp³-hybridized carbons (Fsp3) is 0.424. The van der Waals surface area contributed by atoms with Gasteiger partial charge in [0.2, 0.25) is 0 Å². The van der Waals surface area contributed by atoms with Crippen molar-refractivity contribution in [1.82, 2.24) is 0 Å². The third-order valence-electron chi connectivity index (χ3n) is 7.94. The Morgan fingerprint density at radius 3 is 2.34 bits per heavy atom. The molecule has 2 aliphatic heterocycles. The molecule has 1 saturated heterocycles. The van der Waals surface area contributed by atoms with Crippen molar-refractivity contribution in [3.8, 4) is 5.75 Å². The first kappa shape index (κ1) is 30.5. The average Bonchev–Trinajstić information content (AvgIpc) is 3.00. The van der Waals surface area contributed by atoms with Gasteiger partial charge >= 0.3 is 229 Å². The van der Waals surface area contributed by atoms with Crippen molar-refractivity contribution < 1.29 is 51.8 Å². The number of rotatable bonds is 11. The molecule has 2 bridgehead atoms. The van der Waals surface area contributed by atoms with Gasteiger partial charge in [0, 0.05) is 0 Å². The van der Waals surface area contributed by atoms with E-state index >= 15 is 0 Å². The van der Waals surface area contributed by atoms with Gasteiger partial charge in [-0.25, -0.2) is 0 Å². The van der Waals surface area contributed by atoms with Crippen molar-refractivity contribution in [2.45, 2.75) is 73.2 Å². The molecule has 3 aromatic rings. The van der Waals surface area contributed by atoms with Gasteiger partial charge in [-0.2, -0.15) is 0 Å². The summed E-state index contributed by atoms with van der Waals surface area (Å²) in [5.74, 6) is 0.179. The molecule has 0 aromatic heterocycles. The van der Waals surface area contributed by atoms with Crippen LogP contribution in [-0.2, 0) is 55.5 Å². The number of halogens is 1. The zero-order valence-electron chi connectivity index (χ0n) is 23.6. The van der Waals surface area contributed by atoms with E-state index in [0.29, 0.717) is 44.0 Å². The number of hydrogen-bond donors (Lipinski definition) is 0. The van der Waals surface area contributed by atoms with Crippen molar-refractivity contribution in [2.75, 3.05) is 13.7 Å². The van der Waals surface area contributed by atoms with Crippen molar-refractivity contribution in [1.29, 1.82) is 0 Å². The van der Waals surface area contributed by atoms with Gasteiger partial charge in [-0.15, -0.1) is 0 Å². The number of fused-ring (bicyclic) bond motifs is 3. The van der Waals surface area contributed by atoms with Gasteiger partial charge in [0.05, 0.1) is 0 Å². The summed E-state index contributed by atoms with van der Waals surface area (Å²) in [6.07, 6.45) is 3.14. The second-order valence-electron chi connectivity index (χ2n) is 10.8. The zero-order chi connectivity index (χ0) is 28.4. The van der Waals surface area contributed by atoms with Crippen LogP contribution in [0.3, 0.4) is 0 Å². The van der Waals surface area contributed by atoms with Crippen LogP contribution in [0.2, 0.25) is 0 Å². The van der Waals surface area contributed by atoms with Crippen LogP contribution in [0.5, 0.6) is 5.75 Å². The number of methoxy groups -OCH3 is 1. The number of esters is 1. The van der Waals surface area contributed by atoms with Gasteiger partial charge in [-0.3, -0.25) is 0 Å². The normalized spacial score (nSPS) is 24.0. The van der Waals surface area contributed by atoms with Gasteiger partial charge in [0.15, 0.2) is 0 Å². The van der Waals surface area contributed by atoms with E-state index < -0.39 is 23.3 Å². The predicted octanol–water partition coefficient (Wildman–Crippen LogP) is 7.03. The number of benzene rings is 3. The van der Waals surface area contributed by atoms with Crippen LogP contribution in [0, 0.1) is 0 Å². The summed E-state index contributed by atoms with van der Waals surface area (Å²) in [5.41, 5.74) is 3.68. The first-order valence-electron chi connectivity index (χ1n) is 14.5. The summed E-state index contributed by atoms with van der Waals surface area (Å²) in [5, 5.41) is 0. The van der Waals surface area contributed by atoms with Crippen LogP contribution in [0.15, 0.2) is 78.9 Å². The van der Waals surface area contributed by atoms with Crippen LogP contribution in [0.1, 0.15) is 62.6 Å². The summed E-state index contributed by atoms with van der Waals surface area (Å²) in [4.78, 5) is 13.7. The third-order valence-corrected chi connectivity index (χ3v) is 15.9. The number of cyclic esters (lactones) is 1. The molecule has 0 radical (unpaired) electrons. The molecule has 214 valence electrons. The molecule has 0 aliphatic carbocycles. The Labute approximate surface area is 258 Å². The Kier molecular flexibility index (Phi) is 11.5. The first-order chi connectivity index (χ1) is 20.1. The van der Waals surface area contributed by atoms with Gasteiger partial charge in [0.25, 0.3) is 0 Å². The van der Waals surface area contributed by atoms with Crippen LogP contribution < -0.4 is 4.74 Å². The van der Waals surface area contributed by atoms with E-state index in [1.165, 1.54) is 0 Å². The first-order valence-corrected chi connectivity index (χ1v) is 24.4. The quantitative estimate of drug-likeness (QED) is 0.119. The predicted molar refractivity (Wildman–Crippen MR) is 154 cm³/mol. The number of hydrogen-bond acceptors (Lipinski definition) is 6. The Morgan fingerprint density at radius 1 is 0.902 bits per heavy atom. The number of carbonyl (C=O) groups excluding carboxylic acids is 1. The molecule has 2 heterocycles. The fourth-order valence-electron chi connectivity index (χ4n) is 5.88. The Morgan fingerprint density at radius 2 is 1.63 bits per heavy atom. The molecular formula is C33H37ClHgO6. The minimum absolute atomic E-state index is 0.0166. The van der Waals surface area contributed by atoms with E-state index in [9.17, 15) is 4.79 Å². The molecule has 5 rings (SSSR count). The Bertz CT molecular complexity index is 1240. The Hall–Kier alpha value is -1.96. The van der Waals surface area contributed by atoms with Gasteiger partial charge < -0.3 is 0 Å². The third kappa shape index (κ3) is 8.32. The minimum atomic E-state index is -1.99. The summed E-state index contributed by atoms with van der Waals surface area (Å²) in [6, 6.07) is 26.1. The summed E-state index contributed by atoms with van der Waals surface area (Å²) in [6.45, 7) is 1.71. The molecule has 2 aliphatic rings. The molecule has 0 spiro atoms. The summed E-state index contributed by atoms with van der Waals surface area (Å²) < 4.78 is 31.0. The monoisotopic (exact) mass is 766 g/mol. The van der Waals surface area contributed by atoms with Crippen molar-refractivity contribution in [3.05, 3.63) is 101 Å². The second-order valence-corrected chi connectivity index (χ2v) is 18.1. The molecule has 1 fully saturated rings. The molecule has 5 atom stereocenters. The maximum absolute atomic E-state index is 13.7. The van der Waals surface area contributed by atoms with Crippen LogP contribution in [-0.4, -0.2) is 44.1 Å². The van der Waals surface area contributed by atoms with Crippen molar-refractivity contribution in [2.24, 2.45) is 0 Å². The molecule has 6 nitrogen and oxygen atoms in total. The molecular weight excluding hydrogens is 728 g/mol. The van der Waals surface area contributed by atoms with E-state index in [2.05, 4.69) is 24.3 Å². The number of carbonyl (C=O) groups is 1. The van der Waals surface area contributed by atoms with Gasteiger partial charge in [-0.05, 0) is 0 Å². The molecule has 0 N–H and O–H groups in total. The number of ether oxygens (including phenoxy) is 5. The molecule has 2 unspecified atom stereocenters. The molecule has 0 amide bonds. The van der Waals surface area contributed by atoms with Gasteiger partial charge in [-0.1, -0.05) is 30.3 Å². The maximum atomic E-state index is 13.7. The van der Waals surface area contributed by atoms with E-state index in [1.807, 2.05) is 54.6 Å². The SMILES string of the molecule is COc1cccc2c1C(=O)OC(CCCOCc1ccccc1)CC1C[C@H](OCc3ccccc3)C[C@@H](O1)[C@H]2[Hg][Cl]. The van der Waals surface area contributed by atoms with Crippen molar-refractivity contribution >= 4 is 14.2 Å². The van der Waals surface area contributed by atoms with E-state index in [1.54, 1.807) is 7.11 Å². The fourth-order valence-corrected chi connectivity index (χ4v) is 13.0.